The van der Waals surface area contributed by atoms with Gasteiger partial charge in [-0.1, -0.05) is 36.4 Å². The lowest BCUT2D eigenvalue weighted by atomic mass is 10.0. The molecule has 9 nitrogen and oxygen atoms in total. The van der Waals surface area contributed by atoms with E-state index >= 15 is 0 Å². The number of halogens is 3. The number of fused-ring (bicyclic) bond motifs is 1. The molecule has 12 heteroatoms. The van der Waals surface area contributed by atoms with Gasteiger partial charge in [0.2, 0.25) is 5.91 Å². The second kappa shape index (κ2) is 12.8. The topological polar surface area (TPSA) is 126 Å². The first-order valence-corrected chi connectivity index (χ1v) is 13.7. The van der Waals surface area contributed by atoms with Crippen LogP contribution in [-0.2, 0) is 11.3 Å². The Bertz CT molecular complexity index is 1590. The average molecular weight is 597 g/mol. The van der Waals surface area contributed by atoms with Gasteiger partial charge in [-0.25, -0.2) is 4.68 Å². The number of carbonyl (C=O) groups is 2. The summed E-state index contributed by atoms with van der Waals surface area (Å²) in [5, 5.41) is 21.3. The molecule has 0 aliphatic carbocycles. The van der Waals surface area contributed by atoms with Crippen LogP contribution in [0.25, 0.3) is 16.6 Å². The van der Waals surface area contributed by atoms with Crippen LogP contribution in [0.1, 0.15) is 35.3 Å². The van der Waals surface area contributed by atoms with E-state index in [0.717, 1.165) is 11.1 Å². The molecule has 0 bridgehead atoms. The molecule has 0 aliphatic heterocycles. The predicted molar refractivity (Wildman–Crippen MR) is 159 cm³/mol. The molecule has 0 saturated carbocycles. The van der Waals surface area contributed by atoms with Gasteiger partial charge >= 0.3 is 6.18 Å². The maximum Gasteiger partial charge on any atom is 0.420 e. The Balaban J connectivity index is 1.61. The van der Waals surface area contributed by atoms with Gasteiger partial charge in [-0.3, -0.25) is 14.5 Å². The predicted octanol–water partition coefficient (Wildman–Crippen LogP) is 4.16. The summed E-state index contributed by atoms with van der Waals surface area (Å²) in [7, 11) is 0. The lowest BCUT2D eigenvalue weighted by molar-refractivity contribution is -0.260. The zero-order chi connectivity index (χ0) is 31.4. The van der Waals surface area contributed by atoms with Crippen molar-refractivity contribution >= 4 is 28.4 Å². The van der Waals surface area contributed by atoms with Crippen LogP contribution in [0.15, 0.2) is 72.9 Å². The van der Waals surface area contributed by atoms with Crippen LogP contribution >= 0.6 is 0 Å². The number of nitrogens with one attached hydrogen (secondary N) is 2. The van der Waals surface area contributed by atoms with Crippen molar-refractivity contribution in [2.45, 2.75) is 45.1 Å². The Morgan fingerprint density at radius 3 is 2.44 bits per heavy atom. The van der Waals surface area contributed by atoms with E-state index in [4.69, 9.17) is 5.73 Å². The fourth-order valence-corrected chi connectivity index (χ4v) is 4.73. The van der Waals surface area contributed by atoms with E-state index in [1.807, 2.05) is 36.4 Å². The molecule has 3 aromatic carbocycles. The third-order valence-corrected chi connectivity index (χ3v) is 7.13. The molecule has 4 rings (SSSR count). The molecule has 1 atom stereocenters. The number of amides is 2. The van der Waals surface area contributed by atoms with Crippen LogP contribution in [0.2, 0.25) is 0 Å². The molecule has 0 fully saturated rings. The van der Waals surface area contributed by atoms with Gasteiger partial charge in [0.1, 0.15) is 0 Å². The van der Waals surface area contributed by atoms with Crippen molar-refractivity contribution in [1.82, 2.24) is 20.0 Å². The smallest absolute Gasteiger partial charge is 0.381 e. The fraction of sp³-hybridized carbons (Fsp3) is 0.323. The van der Waals surface area contributed by atoms with Gasteiger partial charge in [0, 0.05) is 35.8 Å². The maximum absolute atomic E-state index is 14.4. The second-order valence-corrected chi connectivity index (χ2v) is 10.9. The number of alkyl halides is 3. The van der Waals surface area contributed by atoms with Crippen LogP contribution in [-0.4, -0.2) is 69.1 Å². The summed E-state index contributed by atoms with van der Waals surface area (Å²) in [5.41, 5.74) is 5.40. The molecule has 1 heterocycles. The number of rotatable bonds is 12. The first kappa shape index (κ1) is 31.5. The van der Waals surface area contributed by atoms with E-state index in [1.54, 1.807) is 60.7 Å². The first-order valence-electron chi connectivity index (χ1n) is 13.7. The highest BCUT2D eigenvalue weighted by Crippen LogP contribution is 2.34. The zero-order valence-corrected chi connectivity index (χ0v) is 24.2. The number of hydrogen-bond donors (Lipinski definition) is 4. The molecular weight excluding hydrogens is 561 g/mol. The van der Waals surface area contributed by atoms with E-state index in [1.165, 1.54) is 6.20 Å². The Kier molecular flexibility index (Phi) is 9.41. The Morgan fingerprint density at radius 2 is 1.79 bits per heavy atom. The highest BCUT2D eigenvalue weighted by molar-refractivity contribution is 5.97. The van der Waals surface area contributed by atoms with Crippen molar-refractivity contribution in [3.8, 4) is 5.69 Å². The Labute approximate surface area is 247 Å². The Hall–Kier alpha value is -4.42. The minimum absolute atomic E-state index is 0.248. The van der Waals surface area contributed by atoms with Crippen molar-refractivity contribution in [3.05, 3.63) is 89.6 Å². The van der Waals surface area contributed by atoms with E-state index in [9.17, 15) is 27.9 Å². The maximum atomic E-state index is 14.4. The largest absolute Gasteiger partial charge is 0.420 e. The molecule has 228 valence electrons. The number of hydrogen-bond acceptors (Lipinski definition) is 6. The third kappa shape index (κ3) is 7.51. The molecule has 1 aromatic heterocycles. The standard InChI is InChI=1S/C31H35F3N6O3/c1-20(2)39(17-22-8-5-4-6-9-22)19-30(43,31(32,33)34)18-37-26-12-21(3)13-27-25(26)15-38-40(27)24-11-7-10-23(14-24)29(42)36-16-28(35)41/h4-15,20,37,43H,16-19H2,1-3H3,(H2,35,41)(H,36,42). The van der Waals surface area contributed by atoms with Gasteiger partial charge in [0.05, 0.1) is 30.5 Å². The van der Waals surface area contributed by atoms with E-state index in [0.29, 0.717) is 22.3 Å². The summed E-state index contributed by atoms with van der Waals surface area (Å²) in [6, 6.07) is 18.9. The van der Waals surface area contributed by atoms with Gasteiger partial charge in [-0.2, -0.15) is 18.3 Å². The SMILES string of the molecule is Cc1cc(NCC(O)(CN(Cc2ccccc2)C(C)C)C(F)(F)F)c2cnn(-c3cccc(C(=O)NCC(N)=O)c3)c2c1. The fourth-order valence-electron chi connectivity index (χ4n) is 4.73. The minimum Gasteiger partial charge on any atom is -0.381 e. The number of aromatic nitrogens is 2. The monoisotopic (exact) mass is 596 g/mol. The molecule has 1 unspecified atom stereocenters. The van der Waals surface area contributed by atoms with Gasteiger partial charge in [0.15, 0.2) is 5.60 Å². The van der Waals surface area contributed by atoms with Crippen molar-refractivity contribution in [1.29, 1.82) is 0 Å². The summed E-state index contributed by atoms with van der Waals surface area (Å²) >= 11 is 0. The summed E-state index contributed by atoms with van der Waals surface area (Å²) in [6.45, 7) is 3.91. The first-order chi connectivity index (χ1) is 20.3. The lowest BCUT2D eigenvalue weighted by Gasteiger charge is -2.38. The lowest BCUT2D eigenvalue weighted by Crippen LogP contribution is -2.58. The third-order valence-electron chi connectivity index (χ3n) is 7.13. The average Bonchev–Trinajstić information content (AvgIpc) is 3.38. The zero-order valence-electron chi connectivity index (χ0n) is 24.2. The Morgan fingerprint density at radius 1 is 1.07 bits per heavy atom. The van der Waals surface area contributed by atoms with Crippen LogP contribution in [0.3, 0.4) is 0 Å². The van der Waals surface area contributed by atoms with Crippen molar-refractivity contribution in [3.63, 3.8) is 0 Å². The number of primary amides is 1. The van der Waals surface area contributed by atoms with E-state index < -0.39 is 36.7 Å². The quantitative estimate of drug-likeness (QED) is 0.195. The molecule has 0 aliphatic rings. The molecule has 2 amide bonds. The molecule has 5 N–H and O–H groups in total. The summed E-state index contributed by atoms with van der Waals surface area (Å²) in [5.74, 6) is -1.17. The summed E-state index contributed by atoms with van der Waals surface area (Å²) < 4.78 is 44.8. The number of aryl methyl sites for hydroxylation is 1. The molecule has 0 radical (unpaired) electrons. The normalized spacial score (nSPS) is 13.3. The second-order valence-electron chi connectivity index (χ2n) is 10.9. The van der Waals surface area contributed by atoms with Crippen molar-refractivity contribution < 1.29 is 27.9 Å². The highest BCUT2D eigenvalue weighted by atomic mass is 19.4. The van der Waals surface area contributed by atoms with Gasteiger partial charge in [0.25, 0.3) is 5.91 Å². The van der Waals surface area contributed by atoms with Crippen LogP contribution < -0.4 is 16.4 Å². The molecular formula is C31H35F3N6O3. The van der Waals surface area contributed by atoms with Crippen molar-refractivity contribution in [2.24, 2.45) is 5.73 Å². The van der Waals surface area contributed by atoms with E-state index in [2.05, 4.69) is 15.7 Å². The number of carbonyl (C=O) groups excluding carboxylic acids is 2. The molecule has 4 aromatic rings. The summed E-state index contributed by atoms with van der Waals surface area (Å²) in [6.07, 6.45) is -3.40. The van der Waals surface area contributed by atoms with E-state index in [-0.39, 0.29) is 24.7 Å². The molecule has 0 spiro atoms. The number of anilines is 1. The number of nitrogens with zero attached hydrogens (tertiary/aromatic N) is 3. The number of aliphatic hydroxyl groups is 1. The number of nitrogens with two attached hydrogens (primary N) is 1. The van der Waals surface area contributed by atoms with Gasteiger partial charge in [-0.05, 0) is 62.2 Å². The number of benzene rings is 3. The van der Waals surface area contributed by atoms with Crippen molar-refractivity contribution in [2.75, 3.05) is 25.0 Å². The molecule has 0 saturated heterocycles. The minimum atomic E-state index is -4.91. The summed E-state index contributed by atoms with van der Waals surface area (Å²) in [4.78, 5) is 25.1. The molecule has 43 heavy (non-hydrogen) atoms. The van der Waals surface area contributed by atoms with Crippen LogP contribution in [0.4, 0.5) is 18.9 Å². The van der Waals surface area contributed by atoms with Gasteiger partial charge < -0.3 is 21.5 Å². The van der Waals surface area contributed by atoms with Crippen LogP contribution in [0, 0.1) is 6.92 Å². The highest BCUT2D eigenvalue weighted by Gasteiger charge is 2.54. The van der Waals surface area contributed by atoms with Crippen LogP contribution in [0.5, 0.6) is 0 Å². The van der Waals surface area contributed by atoms with Gasteiger partial charge in [-0.15, -0.1) is 0 Å².